The number of fused-ring (bicyclic) bond motifs is 1. The zero-order chi connectivity index (χ0) is 15.3. The number of nitrogens with one attached hydrogen (secondary N) is 1. The minimum atomic E-state index is -0.184. The van der Waals surface area contributed by atoms with Crippen LogP contribution >= 0.6 is 0 Å². The molecule has 1 heterocycles. The van der Waals surface area contributed by atoms with Gasteiger partial charge in [0.05, 0.1) is 0 Å². The van der Waals surface area contributed by atoms with Gasteiger partial charge in [-0.25, -0.2) is 4.39 Å². The first kappa shape index (κ1) is 14.8. The van der Waals surface area contributed by atoms with Gasteiger partial charge in [0.1, 0.15) is 17.2 Å². The van der Waals surface area contributed by atoms with Crippen molar-refractivity contribution in [2.24, 2.45) is 11.3 Å². The maximum Gasteiger partial charge on any atom is 0.125 e. The van der Waals surface area contributed by atoms with Gasteiger partial charge in [0.2, 0.25) is 0 Å². The van der Waals surface area contributed by atoms with E-state index in [1.165, 1.54) is 12.5 Å². The minimum Gasteiger partial charge on any atom is -0.487 e. The average Bonchev–Trinajstić information content (AvgIpc) is 2.60. The first-order valence-corrected chi connectivity index (χ1v) is 8.07. The number of hydrogen-bond acceptors (Lipinski definition) is 2. The molecule has 1 aliphatic carbocycles. The molecule has 1 saturated carbocycles. The molecule has 116 valence electrons. The van der Waals surface area contributed by atoms with Gasteiger partial charge in [0.15, 0.2) is 0 Å². The summed E-state index contributed by atoms with van der Waals surface area (Å²) in [5.41, 5.74) is 1.17. The normalized spacial score (nSPS) is 33.8. The summed E-state index contributed by atoms with van der Waals surface area (Å²) in [6, 6.07) is 5.12. The Labute approximate surface area is 127 Å². The SMILES string of the molecule is CCNC1CC2(CC(C)(C)CC2C)Oc2ccc(F)cc21. The molecule has 1 N–H and O–H groups in total. The van der Waals surface area contributed by atoms with Crippen LogP contribution in [0.3, 0.4) is 0 Å². The van der Waals surface area contributed by atoms with Crippen LogP contribution in [0.4, 0.5) is 4.39 Å². The molecule has 1 fully saturated rings. The monoisotopic (exact) mass is 291 g/mol. The molecular weight excluding hydrogens is 265 g/mol. The molecule has 1 aromatic carbocycles. The van der Waals surface area contributed by atoms with Crippen molar-refractivity contribution in [2.75, 3.05) is 6.54 Å². The second kappa shape index (κ2) is 4.98. The Morgan fingerprint density at radius 3 is 2.71 bits per heavy atom. The molecule has 0 amide bonds. The van der Waals surface area contributed by atoms with Gasteiger partial charge in [-0.1, -0.05) is 27.7 Å². The highest BCUT2D eigenvalue weighted by Crippen LogP contribution is 2.55. The highest BCUT2D eigenvalue weighted by atomic mass is 19.1. The van der Waals surface area contributed by atoms with Crippen LogP contribution in [0.25, 0.3) is 0 Å². The van der Waals surface area contributed by atoms with Crippen LogP contribution in [0.2, 0.25) is 0 Å². The number of ether oxygens (including phenoxy) is 1. The van der Waals surface area contributed by atoms with Crippen molar-refractivity contribution in [1.29, 1.82) is 0 Å². The predicted octanol–water partition coefficient (Wildman–Crippen LogP) is 4.45. The van der Waals surface area contributed by atoms with E-state index >= 15 is 0 Å². The minimum absolute atomic E-state index is 0.110. The van der Waals surface area contributed by atoms with Crippen LogP contribution in [0, 0.1) is 17.2 Å². The highest BCUT2D eigenvalue weighted by Gasteiger charge is 2.53. The Kier molecular flexibility index (Phi) is 3.52. The second-order valence-electron chi connectivity index (χ2n) is 7.61. The third-order valence-electron chi connectivity index (χ3n) is 5.20. The zero-order valence-corrected chi connectivity index (χ0v) is 13.5. The number of rotatable bonds is 2. The molecule has 2 nitrogen and oxygen atoms in total. The fourth-order valence-corrected chi connectivity index (χ4v) is 4.51. The van der Waals surface area contributed by atoms with E-state index in [1.807, 2.05) is 0 Å². The van der Waals surface area contributed by atoms with Gasteiger partial charge in [0, 0.05) is 18.0 Å². The lowest BCUT2D eigenvalue weighted by atomic mass is 9.80. The van der Waals surface area contributed by atoms with E-state index in [2.05, 4.69) is 33.0 Å². The Bertz CT molecular complexity index is 542. The first-order chi connectivity index (χ1) is 9.85. The smallest absolute Gasteiger partial charge is 0.125 e. The molecule has 21 heavy (non-hydrogen) atoms. The quantitative estimate of drug-likeness (QED) is 0.869. The van der Waals surface area contributed by atoms with Crippen LogP contribution in [-0.2, 0) is 0 Å². The van der Waals surface area contributed by atoms with Gasteiger partial charge in [-0.15, -0.1) is 0 Å². The van der Waals surface area contributed by atoms with Crippen LogP contribution in [0.5, 0.6) is 5.75 Å². The Morgan fingerprint density at radius 2 is 2.10 bits per heavy atom. The lowest BCUT2D eigenvalue weighted by Crippen LogP contribution is -2.46. The molecule has 0 bridgehead atoms. The summed E-state index contributed by atoms with van der Waals surface area (Å²) in [6.45, 7) is 9.93. The molecule has 3 atom stereocenters. The van der Waals surface area contributed by atoms with Crippen molar-refractivity contribution >= 4 is 0 Å². The number of halogens is 1. The third kappa shape index (κ3) is 2.57. The summed E-state index contributed by atoms with van der Waals surface area (Å²) in [5, 5.41) is 3.52. The van der Waals surface area contributed by atoms with Gasteiger partial charge in [0.25, 0.3) is 0 Å². The van der Waals surface area contributed by atoms with E-state index in [0.717, 1.165) is 30.7 Å². The first-order valence-electron chi connectivity index (χ1n) is 8.07. The largest absolute Gasteiger partial charge is 0.487 e. The maximum absolute atomic E-state index is 13.6. The Balaban J connectivity index is 2.00. The van der Waals surface area contributed by atoms with E-state index in [0.29, 0.717) is 11.3 Å². The molecular formula is C18H26FNO. The van der Waals surface area contributed by atoms with Gasteiger partial charge < -0.3 is 10.1 Å². The van der Waals surface area contributed by atoms with E-state index in [4.69, 9.17) is 4.74 Å². The maximum atomic E-state index is 13.6. The standard InChI is InChI=1S/C18H26FNO/c1-5-20-15-10-18(11-17(3,4)9-12(18)2)21-16-7-6-13(19)8-14(15)16/h6-8,12,15,20H,5,9-11H2,1-4H3. The summed E-state index contributed by atoms with van der Waals surface area (Å²) < 4.78 is 20.0. The summed E-state index contributed by atoms with van der Waals surface area (Å²) in [7, 11) is 0. The van der Waals surface area contributed by atoms with Crippen LogP contribution in [0.1, 0.15) is 58.6 Å². The van der Waals surface area contributed by atoms with Crippen molar-refractivity contribution < 1.29 is 9.13 Å². The highest BCUT2D eigenvalue weighted by molar-refractivity contribution is 5.40. The summed E-state index contributed by atoms with van der Waals surface area (Å²) in [4.78, 5) is 0. The molecule has 1 spiro atoms. The topological polar surface area (TPSA) is 21.3 Å². The number of hydrogen-bond donors (Lipinski definition) is 1. The zero-order valence-electron chi connectivity index (χ0n) is 13.5. The van der Waals surface area contributed by atoms with Gasteiger partial charge in [-0.3, -0.25) is 0 Å². The van der Waals surface area contributed by atoms with E-state index < -0.39 is 0 Å². The van der Waals surface area contributed by atoms with Crippen molar-refractivity contribution in [2.45, 2.75) is 58.6 Å². The average molecular weight is 291 g/mol. The summed E-state index contributed by atoms with van der Waals surface area (Å²) in [6.07, 6.45) is 3.18. The molecule has 3 unspecified atom stereocenters. The lowest BCUT2D eigenvalue weighted by molar-refractivity contribution is -0.00285. The molecule has 0 aromatic heterocycles. The molecule has 3 rings (SSSR count). The van der Waals surface area contributed by atoms with E-state index in [9.17, 15) is 4.39 Å². The van der Waals surface area contributed by atoms with Crippen LogP contribution < -0.4 is 10.1 Å². The lowest BCUT2D eigenvalue weighted by Gasteiger charge is -2.43. The molecule has 3 heteroatoms. The molecule has 1 aliphatic heterocycles. The fraction of sp³-hybridized carbons (Fsp3) is 0.667. The van der Waals surface area contributed by atoms with Crippen molar-refractivity contribution in [3.8, 4) is 5.75 Å². The molecule has 1 aromatic rings. The van der Waals surface area contributed by atoms with Gasteiger partial charge >= 0.3 is 0 Å². The Morgan fingerprint density at radius 1 is 1.33 bits per heavy atom. The van der Waals surface area contributed by atoms with Crippen LogP contribution in [0.15, 0.2) is 18.2 Å². The Hall–Kier alpha value is -1.09. The van der Waals surface area contributed by atoms with Crippen LogP contribution in [-0.4, -0.2) is 12.1 Å². The summed E-state index contributed by atoms with van der Waals surface area (Å²) in [5.74, 6) is 1.20. The summed E-state index contributed by atoms with van der Waals surface area (Å²) >= 11 is 0. The van der Waals surface area contributed by atoms with Crippen molar-refractivity contribution in [3.63, 3.8) is 0 Å². The second-order valence-corrected chi connectivity index (χ2v) is 7.61. The molecule has 2 aliphatic rings. The van der Waals surface area contributed by atoms with Gasteiger partial charge in [-0.05, 0) is 48.9 Å². The van der Waals surface area contributed by atoms with E-state index in [-0.39, 0.29) is 17.5 Å². The van der Waals surface area contributed by atoms with E-state index in [1.54, 1.807) is 12.1 Å². The fourth-order valence-electron chi connectivity index (χ4n) is 4.51. The predicted molar refractivity (Wildman–Crippen MR) is 83.0 cm³/mol. The number of benzene rings is 1. The van der Waals surface area contributed by atoms with Gasteiger partial charge in [-0.2, -0.15) is 0 Å². The van der Waals surface area contributed by atoms with Crippen molar-refractivity contribution in [3.05, 3.63) is 29.6 Å². The molecule has 0 saturated heterocycles. The van der Waals surface area contributed by atoms with Crippen molar-refractivity contribution in [1.82, 2.24) is 5.32 Å². The third-order valence-corrected chi connectivity index (χ3v) is 5.20. The molecule has 0 radical (unpaired) electrons.